The van der Waals surface area contributed by atoms with Crippen LogP contribution in [0, 0.1) is 11.7 Å². The van der Waals surface area contributed by atoms with Crippen molar-refractivity contribution < 1.29 is 17.6 Å². The average molecular weight is 612 g/mol. The van der Waals surface area contributed by atoms with E-state index in [1.165, 1.54) is 12.1 Å². The molecule has 0 saturated heterocycles. The molecule has 5 heterocycles. The summed E-state index contributed by atoms with van der Waals surface area (Å²) in [4.78, 5) is 33.7. The minimum atomic E-state index is -3.67. The number of hydrogen-bond donors (Lipinski definition) is 4. The third-order valence-corrected chi connectivity index (χ3v) is 9.03. The Bertz CT molecular complexity index is 2190. The Kier molecular flexibility index (Phi) is 6.66. The van der Waals surface area contributed by atoms with E-state index in [-0.39, 0.29) is 17.4 Å². The highest BCUT2D eigenvalue weighted by Gasteiger charge is 2.25. The number of rotatable bonds is 7. The van der Waals surface area contributed by atoms with Crippen LogP contribution in [0.4, 0.5) is 10.1 Å². The molecule has 6 aromatic rings. The topological polar surface area (TPSA) is 185 Å². The molecule has 1 unspecified atom stereocenters. The minimum Gasteiger partial charge on any atom is -0.336 e. The first kappa shape index (κ1) is 27.7. The Morgan fingerprint density at radius 1 is 1.05 bits per heavy atom. The van der Waals surface area contributed by atoms with Gasteiger partial charge in [0.05, 0.1) is 28.5 Å². The number of carbonyl (C=O) groups is 1. The van der Waals surface area contributed by atoms with Gasteiger partial charge in [0, 0.05) is 47.5 Å². The van der Waals surface area contributed by atoms with Gasteiger partial charge in [-0.15, -0.1) is 0 Å². The number of nitrogens with zero attached hydrogens (tertiary/aromatic N) is 5. The van der Waals surface area contributed by atoms with E-state index in [1.54, 1.807) is 30.9 Å². The lowest BCUT2D eigenvalue weighted by atomic mass is 9.85. The first-order chi connectivity index (χ1) is 21.1. The van der Waals surface area contributed by atoms with Crippen molar-refractivity contribution in [1.29, 1.82) is 0 Å². The molecule has 0 aliphatic heterocycles. The van der Waals surface area contributed by atoms with Gasteiger partial charge in [-0.3, -0.25) is 19.9 Å². The summed E-state index contributed by atoms with van der Waals surface area (Å²) in [5.41, 5.74) is 10.9. The molecule has 1 fully saturated rings. The van der Waals surface area contributed by atoms with Crippen molar-refractivity contribution in [1.82, 2.24) is 35.1 Å². The van der Waals surface area contributed by atoms with Crippen molar-refractivity contribution in [2.75, 3.05) is 11.6 Å². The number of fused-ring (bicyclic) bond motifs is 2. The molecular weight excluding hydrogens is 585 g/mol. The maximum atomic E-state index is 14.6. The monoisotopic (exact) mass is 611 g/mol. The fraction of sp³-hybridized carbons (Fsp3) is 0.200. The third-order valence-electron chi connectivity index (χ3n) is 7.84. The molecule has 0 spiro atoms. The number of aromatic nitrogens is 7. The predicted molar refractivity (Wildman–Crippen MR) is 163 cm³/mol. The molecular formula is C30H26FN9O3S. The van der Waals surface area contributed by atoms with E-state index in [2.05, 4.69) is 35.5 Å². The molecule has 7 rings (SSSR count). The summed E-state index contributed by atoms with van der Waals surface area (Å²) >= 11 is 0. The van der Waals surface area contributed by atoms with Crippen LogP contribution in [0.1, 0.15) is 30.2 Å². The third kappa shape index (κ3) is 5.07. The van der Waals surface area contributed by atoms with E-state index in [0.29, 0.717) is 50.5 Å². The summed E-state index contributed by atoms with van der Waals surface area (Å²) in [5.74, 6) is -0.169. The first-order valence-electron chi connectivity index (χ1n) is 13.8. The zero-order valence-electron chi connectivity index (χ0n) is 23.4. The van der Waals surface area contributed by atoms with Gasteiger partial charge in [0.15, 0.2) is 21.3 Å². The van der Waals surface area contributed by atoms with E-state index >= 15 is 0 Å². The fourth-order valence-electron chi connectivity index (χ4n) is 5.24. The Morgan fingerprint density at radius 2 is 1.86 bits per heavy atom. The number of nitrogens with one attached hydrogen (secondary N) is 3. The summed E-state index contributed by atoms with van der Waals surface area (Å²) in [7, 11) is -3.67. The standard InChI is InChI=1S/C30H26FN9O3S/c1-44(42,43)27(32)17-7-16(8-20(31)9-17)24-26-23(5-6-34-24)37-29(38-26)25-22-11-19(13-35-28(22)40-39-25)18-10-21(14-33-12-18)36-30(41)15-3-2-4-15/h5-15,27H,2-4,32H2,1H3,(H,36,41)(H,37,38)(H,35,39,40). The summed E-state index contributed by atoms with van der Waals surface area (Å²) in [6.07, 6.45) is 10.4. The predicted octanol–water partition coefficient (Wildman–Crippen LogP) is 4.50. The molecule has 0 radical (unpaired) electrons. The largest absolute Gasteiger partial charge is 0.336 e. The van der Waals surface area contributed by atoms with Gasteiger partial charge >= 0.3 is 0 Å². The van der Waals surface area contributed by atoms with Crippen LogP contribution in [0.2, 0.25) is 0 Å². The second kappa shape index (κ2) is 10.6. The van der Waals surface area contributed by atoms with E-state index in [9.17, 15) is 17.6 Å². The molecule has 5 N–H and O–H groups in total. The zero-order chi connectivity index (χ0) is 30.6. The van der Waals surface area contributed by atoms with Crippen molar-refractivity contribution in [3.05, 3.63) is 72.6 Å². The number of pyridine rings is 3. The average Bonchev–Trinajstić information content (AvgIpc) is 3.59. The van der Waals surface area contributed by atoms with Gasteiger partial charge in [0.25, 0.3) is 0 Å². The smallest absolute Gasteiger partial charge is 0.227 e. The molecule has 5 aromatic heterocycles. The SMILES string of the molecule is CS(=O)(=O)C(N)c1cc(F)cc(-c2nccc3[nH]c(-c4n[nH]c5ncc(-c6cncc(NC(=O)C7CCC7)c6)cc45)nc23)c1. The molecule has 1 atom stereocenters. The molecule has 14 heteroatoms. The Labute approximate surface area is 250 Å². The summed E-state index contributed by atoms with van der Waals surface area (Å²) in [6, 6.07) is 9.35. The van der Waals surface area contributed by atoms with Crippen LogP contribution < -0.4 is 11.1 Å². The van der Waals surface area contributed by atoms with Crippen LogP contribution >= 0.6 is 0 Å². The van der Waals surface area contributed by atoms with Crippen molar-refractivity contribution in [2.24, 2.45) is 11.7 Å². The van der Waals surface area contributed by atoms with Gasteiger partial charge in [0.2, 0.25) is 5.91 Å². The van der Waals surface area contributed by atoms with Gasteiger partial charge < -0.3 is 16.0 Å². The van der Waals surface area contributed by atoms with Crippen LogP contribution in [0.15, 0.2) is 61.2 Å². The highest BCUT2D eigenvalue weighted by Crippen LogP contribution is 2.34. The van der Waals surface area contributed by atoms with E-state index in [4.69, 9.17) is 10.7 Å². The van der Waals surface area contributed by atoms with Gasteiger partial charge in [-0.1, -0.05) is 6.42 Å². The van der Waals surface area contributed by atoms with Crippen molar-refractivity contribution in [3.63, 3.8) is 0 Å². The van der Waals surface area contributed by atoms with Gasteiger partial charge in [-0.25, -0.2) is 22.8 Å². The summed E-state index contributed by atoms with van der Waals surface area (Å²) < 4.78 is 38.7. The quantitative estimate of drug-likeness (QED) is 0.202. The lowest BCUT2D eigenvalue weighted by molar-refractivity contribution is -0.122. The maximum absolute atomic E-state index is 14.6. The van der Waals surface area contributed by atoms with Crippen LogP contribution in [-0.2, 0) is 14.6 Å². The maximum Gasteiger partial charge on any atom is 0.227 e. The first-order valence-corrected chi connectivity index (χ1v) is 15.8. The lowest BCUT2D eigenvalue weighted by Gasteiger charge is -2.24. The van der Waals surface area contributed by atoms with E-state index < -0.39 is 21.0 Å². The molecule has 1 aliphatic rings. The molecule has 1 saturated carbocycles. The van der Waals surface area contributed by atoms with E-state index in [1.807, 2.05) is 12.1 Å². The van der Waals surface area contributed by atoms with Crippen molar-refractivity contribution in [2.45, 2.75) is 24.6 Å². The van der Waals surface area contributed by atoms with Crippen molar-refractivity contribution >= 4 is 43.5 Å². The van der Waals surface area contributed by atoms with Crippen LogP contribution in [0.3, 0.4) is 0 Å². The van der Waals surface area contributed by atoms with Gasteiger partial charge in [0.1, 0.15) is 22.4 Å². The number of imidazole rings is 1. The number of nitrogens with two attached hydrogens (primary N) is 1. The Balaban J connectivity index is 1.26. The minimum absolute atomic E-state index is 0.00680. The number of aromatic amines is 2. The fourth-order valence-corrected chi connectivity index (χ4v) is 5.87. The molecule has 44 heavy (non-hydrogen) atoms. The van der Waals surface area contributed by atoms with Gasteiger partial charge in [-0.05, 0) is 54.8 Å². The molecule has 1 aliphatic carbocycles. The lowest BCUT2D eigenvalue weighted by Crippen LogP contribution is -2.28. The second-order valence-electron chi connectivity index (χ2n) is 10.9. The number of anilines is 1. The van der Waals surface area contributed by atoms with Crippen LogP contribution in [-0.4, -0.2) is 55.7 Å². The molecule has 1 amide bonds. The Hall–Kier alpha value is -5.08. The highest BCUT2D eigenvalue weighted by atomic mass is 32.2. The normalized spacial score (nSPS) is 14.5. The number of carbonyl (C=O) groups excluding carboxylic acids is 1. The summed E-state index contributed by atoms with van der Waals surface area (Å²) in [6.45, 7) is 0. The van der Waals surface area contributed by atoms with E-state index in [0.717, 1.165) is 42.7 Å². The van der Waals surface area contributed by atoms with Crippen molar-refractivity contribution in [3.8, 4) is 33.9 Å². The Morgan fingerprint density at radius 3 is 2.64 bits per heavy atom. The molecule has 1 aromatic carbocycles. The van der Waals surface area contributed by atoms with Crippen LogP contribution in [0.25, 0.3) is 56.0 Å². The number of hydrogen-bond acceptors (Lipinski definition) is 9. The number of sulfone groups is 1. The number of H-pyrrole nitrogens is 2. The molecule has 222 valence electrons. The number of amides is 1. The number of halogens is 1. The number of benzene rings is 1. The second-order valence-corrected chi connectivity index (χ2v) is 13.1. The molecule has 0 bridgehead atoms. The van der Waals surface area contributed by atoms with Crippen LogP contribution in [0.5, 0.6) is 0 Å². The molecule has 12 nitrogen and oxygen atoms in total. The zero-order valence-corrected chi connectivity index (χ0v) is 24.2. The summed E-state index contributed by atoms with van der Waals surface area (Å²) in [5, 5.41) is 9.63. The highest BCUT2D eigenvalue weighted by molar-refractivity contribution is 7.90. The van der Waals surface area contributed by atoms with Gasteiger partial charge in [-0.2, -0.15) is 5.10 Å².